The molecule has 0 spiro atoms. The Hall–Kier alpha value is -2.88. The molecule has 0 aliphatic heterocycles. The molecule has 0 aliphatic carbocycles. The minimum atomic E-state index is -4.07. The molecule has 9 heteroatoms. The van der Waals surface area contributed by atoms with Crippen molar-refractivity contribution in [2.45, 2.75) is 30.8 Å². The molecule has 0 aliphatic rings. The van der Waals surface area contributed by atoms with Crippen molar-refractivity contribution in [2.24, 2.45) is 0 Å². The van der Waals surface area contributed by atoms with Gasteiger partial charge < -0.3 is 9.47 Å². The van der Waals surface area contributed by atoms with Gasteiger partial charge in [0.1, 0.15) is 17.5 Å². The Morgan fingerprint density at radius 3 is 2.53 bits per heavy atom. The highest BCUT2D eigenvalue weighted by molar-refractivity contribution is 7.89. The van der Waals surface area contributed by atoms with Gasteiger partial charge in [0.25, 0.3) is 5.91 Å². The van der Waals surface area contributed by atoms with E-state index in [4.69, 9.17) is 14.7 Å². The molecule has 30 heavy (non-hydrogen) atoms. The Kier molecular flexibility index (Phi) is 8.40. The second kappa shape index (κ2) is 10.8. The Balaban J connectivity index is 2.35. The van der Waals surface area contributed by atoms with Crippen LogP contribution in [0, 0.1) is 0 Å². The molecule has 0 aromatic heterocycles. The molecule has 0 heterocycles. The SMILES string of the molecule is C=CCCOc1ccc(S(=O)(=O)N(Cc2cccc(OC)c2)[C@H](C)C(=O)NO)cc1. The Labute approximate surface area is 176 Å². The number of rotatable bonds is 11. The van der Waals surface area contributed by atoms with Gasteiger partial charge in [-0.2, -0.15) is 4.31 Å². The van der Waals surface area contributed by atoms with Crippen molar-refractivity contribution in [1.82, 2.24) is 9.79 Å². The lowest BCUT2D eigenvalue weighted by atomic mass is 10.2. The van der Waals surface area contributed by atoms with E-state index in [1.54, 1.807) is 42.5 Å². The summed E-state index contributed by atoms with van der Waals surface area (Å²) in [6.45, 7) is 5.36. The molecule has 0 saturated carbocycles. The quantitative estimate of drug-likeness (QED) is 0.244. The molecular weight excluding hydrogens is 408 g/mol. The summed E-state index contributed by atoms with van der Waals surface area (Å²) in [4.78, 5) is 12.0. The number of ether oxygens (including phenoxy) is 2. The number of hydrogen-bond donors (Lipinski definition) is 2. The predicted molar refractivity (Wildman–Crippen MR) is 112 cm³/mol. The number of nitrogens with one attached hydrogen (secondary N) is 1. The molecule has 0 fully saturated rings. The normalized spacial score (nSPS) is 12.3. The maximum absolute atomic E-state index is 13.3. The fourth-order valence-corrected chi connectivity index (χ4v) is 4.29. The number of hydroxylamine groups is 1. The molecule has 2 rings (SSSR count). The van der Waals surface area contributed by atoms with Crippen LogP contribution in [0.1, 0.15) is 18.9 Å². The van der Waals surface area contributed by atoms with Crippen LogP contribution in [-0.4, -0.2) is 43.6 Å². The van der Waals surface area contributed by atoms with Gasteiger partial charge >= 0.3 is 0 Å². The van der Waals surface area contributed by atoms with Crippen molar-refractivity contribution in [2.75, 3.05) is 13.7 Å². The number of carbonyl (C=O) groups is 1. The summed E-state index contributed by atoms with van der Waals surface area (Å²) in [6.07, 6.45) is 2.39. The van der Waals surface area contributed by atoms with E-state index in [9.17, 15) is 13.2 Å². The number of nitrogens with zero attached hydrogens (tertiary/aromatic N) is 1. The predicted octanol–water partition coefficient (Wildman–Crippen LogP) is 2.73. The molecule has 162 valence electrons. The molecule has 0 saturated heterocycles. The van der Waals surface area contributed by atoms with Crippen LogP contribution in [-0.2, 0) is 21.4 Å². The van der Waals surface area contributed by atoms with Gasteiger partial charge in [0.15, 0.2) is 0 Å². The van der Waals surface area contributed by atoms with E-state index in [0.29, 0.717) is 30.1 Å². The lowest BCUT2D eigenvalue weighted by Gasteiger charge is -2.27. The van der Waals surface area contributed by atoms with Crippen LogP contribution in [0.25, 0.3) is 0 Å². The summed E-state index contributed by atoms with van der Waals surface area (Å²) in [5, 5.41) is 9.01. The summed E-state index contributed by atoms with van der Waals surface area (Å²) in [5.74, 6) is 0.243. The van der Waals surface area contributed by atoms with Crippen LogP contribution in [0.15, 0.2) is 66.1 Å². The lowest BCUT2D eigenvalue weighted by Crippen LogP contribution is -2.46. The van der Waals surface area contributed by atoms with E-state index in [1.807, 2.05) is 0 Å². The highest BCUT2D eigenvalue weighted by Gasteiger charge is 2.33. The molecule has 0 bridgehead atoms. The average molecular weight is 435 g/mol. The second-order valence-electron chi connectivity index (χ2n) is 6.45. The van der Waals surface area contributed by atoms with Crippen LogP contribution in [0.3, 0.4) is 0 Å². The zero-order valence-corrected chi connectivity index (χ0v) is 17.8. The van der Waals surface area contributed by atoms with Crippen LogP contribution in [0.2, 0.25) is 0 Å². The molecule has 2 aromatic rings. The third-order valence-corrected chi connectivity index (χ3v) is 6.35. The van der Waals surface area contributed by atoms with Crippen LogP contribution in [0.5, 0.6) is 11.5 Å². The monoisotopic (exact) mass is 434 g/mol. The van der Waals surface area contributed by atoms with E-state index >= 15 is 0 Å². The zero-order valence-electron chi connectivity index (χ0n) is 16.9. The third kappa shape index (κ3) is 5.82. The molecule has 8 nitrogen and oxygen atoms in total. The van der Waals surface area contributed by atoms with Crippen LogP contribution < -0.4 is 15.0 Å². The molecule has 0 unspecified atom stereocenters. The number of amides is 1. The maximum Gasteiger partial charge on any atom is 0.261 e. The van der Waals surface area contributed by atoms with Gasteiger partial charge in [-0.3, -0.25) is 10.0 Å². The van der Waals surface area contributed by atoms with Crippen LogP contribution >= 0.6 is 0 Å². The minimum Gasteiger partial charge on any atom is -0.497 e. The van der Waals surface area contributed by atoms with Gasteiger partial charge in [-0.1, -0.05) is 18.2 Å². The molecule has 1 atom stereocenters. The topological polar surface area (TPSA) is 105 Å². The van der Waals surface area contributed by atoms with Gasteiger partial charge in [-0.05, 0) is 55.3 Å². The first-order chi connectivity index (χ1) is 14.3. The van der Waals surface area contributed by atoms with E-state index in [1.165, 1.54) is 31.6 Å². The Morgan fingerprint density at radius 1 is 1.23 bits per heavy atom. The van der Waals surface area contributed by atoms with Crippen molar-refractivity contribution in [3.05, 3.63) is 66.7 Å². The minimum absolute atomic E-state index is 0.000874. The number of sulfonamides is 1. The lowest BCUT2D eigenvalue weighted by molar-refractivity contribution is -0.132. The second-order valence-corrected chi connectivity index (χ2v) is 8.34. The van der Waals surface area contributed by atoms with E-state index in [-0.39, 0.29) is 11.4 Å². The number of methoxy groups -OCH3 is 1. The van der Waals surface area contributed by atoms with E-state index in [2.05, 4.69) is 6.58 Å². The Morgan fingerprint density at radius 2 is 1.93 bits per heavy atom. The van der Waals surface area contributed by atoms with Gasteiger partial charge in [0, 0.05) is 6.54 Å². The van der Waals surface area contributed by atoms with Crippen molar-refractivity contribution in [3.8, 4) is 11.5 Å². The molecular formula is C21H26N2O6S. The molecule has 1 amide bonds. The summed E-state index contributed by atoms with van der Waals surface area (Å²) in [6, 6.07) is 11.7. The van der Waals surface area contributed by atoms with Gasteiger partial charge in [0.2, 0.25) is 10.0 Å². The first-order valence-electron chi connectivity index (χ1n) is 9.26. The van der Waals surface area contributed by atoms with Crippen molar-refractivity contribution in [1.29, 1.82) is 0 Å². The fraction of sp³-hybridized carbons (Fsp3) is 0.286. The number of benzene rings is 2. The molecule has 2 N–H and O–H groups in total. The van der Waals surface area contributed by atoms with Gasteiger partial charge in [-0.15, -0.1) is 6.58 Å². The average Bonchev–Trinajstić information content (AvgIpc) is 2.77. The van der Waals surface area contributed by atoms with Gasteiger partial charge in [-0.25, -0.2) is 13.9 Å². The first-order valence-corrected chi connectivity index (χ1v) is 10.7. The number of carbonyl (C=O) groups excluding carboxylic acids is 1. The smallest absolute Gasteiger partial charge is 0.261 e. The van der Waals surface area contributed by atoms with E-state index < -0.39 is 22.0 Å². The molecule has 0 radical (unpaired) electrons. The van der Waals surface area contributed by atoms with E-state index in [0.717, 1.165) is 4.31 Å². The van der Waals surface area contributed by atoms with Crippen molar-refractivity contribution in [3.63, 3.8) is 0 Å². The summed E-state index contributed by atoms with van der Waals surface area (Å²) < 4.78 is 38.3. The molecule has 2 aromatic carbocycles. The fourth-order valence-electron chi connectivity index (χ4n) is 2.71. The zero-order chi connectivity index (χ0) is 22.1. The summed E-state index contributed by atoms with van der Waals surface area (Å²) in [5.41, 5.74) is 2.14. The highest BCUT2D eigenvalue weighted by atomic mass is 32.2. The third-order valence-electron chi connectivity index (χ3n) is 4.42. The maximum atomic E-state index is 13.3. The highest BCUT2D eigenvalue weighted by Crippen LogP contribution is 2.25. The van der Waals surface area contributed by atoms with Crippen molar-refractivity contribution < 1.29 is 27.9 Å². The summed E-state index contributed by atoms with van der Waals surface area (Å²) in [7, 11) is -2.56. The number of hydrogen-bond acceptors (Lipinski definition) is 6. The van der Waals surface area contributed by atoms with Crippen molar-refractivity contribution >= 4 is 15.9 Å². The van der Waals surface area contributed by atoms with Crippen LogP contribution in [0.4, 0.5) is 0 Å². The first kappa shape index (κ1) is 23.4. The van der Waals surface area contributed by atoms with Gasteiger partial charge in [0.05, 0.1) is 18.6 Å². The Bertz CT molecular complexity index is 960. The largest absolute Gasteiger partial charge is 0.497 e. The summed E-state index contributed by atoms with van der Waals surface area (Å²) >= 11 is 0. The standard InChI is InChI=1S/C21H26N2O6S/c1-4-5-13-29-18-9-11-20(12-10-18)30(26,27)23(16(2)21(24)22-25)15-17-7-6-8-19(14-17)28-3/h4,6-12,14,16,25H,1,5,13,15H2,2-3H3,(H,22,24)/t16-/m1/s1.